The summed E-state index contributed by atoms with van der Waals surface area (Å²) in [6.07, 6.45) is 1.74. The Hall–Kier alpha value is -2.60. The lowest BCUT2D eigenvalue weighted by atomic mass is 9.97. The number of nitrogens with one attached hydrogen (secondary N) is 2. The van der Waals surface area contributed by atoms with E-state index in [0.29, 0.717) is 18.1 Å². The Morgan fingerprint density at radius 2 is 2.22 bits per heavy atom. The van der Waals surface area contributed by atoms with E-state index in [0.717, 1.165) is 41.9 Å². The van der Waals surface area contributed by atoms with E-state index in [4.69, 9.17) is 11.6 Å². The first-order valence-corrected chi connectivity index (χ1v) is 9.39. The van der Waals surface area contributed by atoms with E-state index < -0.39 is 0 Å². The van der Waals surface area contributed by atoms with Gasteiger partial charge in [-0.1, -0.05) is 23.7 Å². The number of halogens is 2. The average molecular weight is 387 g/mol. The zero-order valence-electron chi connectivity index (χ0n) is 14.7. The number of benzene rings is 2. The van der Waals surface area contributed by atoms with Crippen LogP contribution in [0.1, 0.15) is 18.4 Å². The molecule has 1 fully saturated rings. The van der Waals surface area contributed by atoms with Crippen LogP contribution in [0.15, 0.2) is 42.5 Å². The maximum Gasteiger partial charge on any atom is 0.225 e. The number of aromatic amines is 1. The van der Waals surface area contributed by atoms with Crippen molar-refractivity contribution in [3.05, 3.63) is 58.9 Å². The second kappa shape index (κ2) is 7.56. The summed E-state index contributed by atoms with van der Waals surface area (Å²) in [4.78, 5) is 22.6. The van der Waals surface area contributed by atoms with Gasteiger partial charge in [0.05, 0.1) is 17.0 Å². The molecule has 1 unspecified atom stereocenters. The lowest BCUT2D eigenvalue weighted by Gasteiger charge is -2.31. The number of rotatable bonds is 4. The maximum atomic E-state index is 13.3. The number of H-pyrrole nitrogens is 1. The van der Waals surface area contributed by atoms with E-state index in [1.54, 1.807) is 12.1 Å². The van der Waals surface area contributed by atoms with Crippen molar-refractivity contribution in [2.24, 2.45) is 5.92 Å². The summed E-state index contributed by atoms with van der Waals surface area (Å²) in [6, 6.07) is 11.8. The lowest BCUT2D eigenvalue weighted by molar-refractivity contribution is -0.125. The van der Waals surface area contributed by atoms with Gasteiger partial charge in [0.25, 0.3) is 0 Å². The Morgan fingerprint density at radius 1 is 1.33 bits per heavy atom. The molecule has 1 atom stereocenters. The number of carbonyl (C=O) groups excluding carboxylic acids is 1. The molecule has 0 saturated carbocycles. The number of anilines is 1. The zero-order valence-corrected chi connectivity index (χ0v) is 15.5. The third kappa shape index (κ3) is 4.06. The molecule has 1 aromatic heterocycles. The summed E-state index contributed by atoms with van der Waals surface area (Å²) in [6.45, 7) is 1.78. The molecule has 4 rings (SSSR count). The van der Waals surface area contributed by atoms with Gasteiger partial charge in [0.2, 0.25) is 11.9 Å². The molecule has 0 spiro atoms. The van der Waals surface area contributed by atoms with E-state index in [2.05, 4.69) is 20.2 Å². The molecule has 5 nitrogen and oxygen atoms in total. The molecule has 0 bridgehead atoms. The first-order chi connectivity index (χ1) is 13.1. The van der Waals surface area contributed by atoms with Crippen molar-refractivity contribution in [3.63, 3.8) is 0 Å². The standard InChI is InChI=1S/C20H20ClFN4O/c21-15-6-7-17-18(10-15)25-20(24-17)26-8-2-4-14(12-26)19(27)23-11-13-3-1-5-16(22)9-13/h1,3,5-7,9-10,14H,2,4,8,11-12H2,(H,23,27)(H,24,25). The van der Waals surface area contributed by atoms with Gasteiger partial charge in [-0.25, -0.2) is 9.37 Å². The number of hydrogen-bond donors (Lipinski definition) is 2. The molecule has 1 amide bonds. The minimum Gasteiger partial charge on any atom is -0.352 e. The smallest absolute Gasteiger partial charge is 0.225 e. The SMILES string of the molecule is O=C(NCc1cccc(F)c1)C1CCCN(c2nc3ccc(Cl)cc3[nH]2)C1. The summed E-state index contributed by atoms with van der Waals surface area (Å²) in [5.74, 6) is 0.331. The molecule has 2 aromatic carbocycles. The van der Waals surface area contributed by atoms with Crippen LogP contribution >= 0.6 is 11.6 Å². The van der Waals surface area contributed by atoms with Gasteiger partial charge in [-0.15, -0.1) is 0 Å². The van der Waals surface area contributed by atoms with E-state index in [-0.39, 0.29) is 17.6 Å². The number of hydrogen-bond acceptors (Lipinski definition) is 3. The highest BCUT2D eigenvalue weighted by atomic mass is 35.5. The van der Waals surface area contributed by atoms with Crippen LogP contribution in [0.2, 0.25) is 5.02 Å². The van der Waals surface area contributed by atoms with Gasteiger partial charge in [-0.3, -0.25) is 4.79 Å². The monoisotopic (exact) mass is 386 g/mol. The van der Waals surface area contributed by atoms with Gasteiger partial charge in [0.15, 0.2) is 0 Å². The molecule has 2 heterocycles. The number of carbonyl (C=O) groups is 1. The number of imidazole rings is 1. The summed E-state index contributed by atoms with van der Waals surface area (Å²) in [5.41, 5.74) is 2.49. The Balaban J connectivity index is 1.41. The summed E-state index contributed by atoms with van der Waals surface area (Å²) in [5, 5.41) is 3.58. The van der Waals surface area contributed by atoms with E-state index in [1.807, 2.05) is 18.2 Å². The molecule has 1 saturated heterocycles. The molecule has 3 aromatic rings. The molecule has 140 valence electrons. The van der Waals surface area contributed by atoms with Crippen molar-refractivity contribution in [2.45, 2.75) is 19.4 Å². The van der Waals surface area contributed by atoms with Crippen molar-refractivity contribution in [3.8, 4) is 0 Å². The second-order valence-electron chi connectivity index (χ2n) is 6.85. The molecule has 0 aliphatic carbocycles. The summed E-state index contributed by atoms with van der Waals surface area (Å²) >= 11 is 6.04. The topological polar surface area (TPSA) is 61.0 Å². The average Bonchev–Trinajstić information content (AvgIpc) is 3.09. The lowest BCUT2D eigenvalue weighted by Crippen LogP contribution is -2.43. The third-order valence-corrected chi connectivity index (χ3v) is 5.11. The van der Waals surface area contributed by atoms with Gasteiger partial charge in [0.1, 0.15) is 5.82 Å². The van der Waals surface area contributed by atoms with Crippen molar-refractivity contribution >= 4 is 34.5 Å². The maximum absolute atomic E-state index is 13.3. The Bertz CT molecular complexity index is 974. The third-order valence-electron chi connectivity index (χ3n) is 4.88. The first-order valence-electron chi connectivity index (χ1n) is 9.01. The largest absolute Gasteiger partial charge is 0.352 e. The van der Waals surface area contributed by atoms with Crippen molar-refractivity contribution in [1.82, 2.24) is 15.3 Å². The molecular formula is C20H20ClFN4O. The number of fused-ring (bicyclic) bond motifs is 1. The quantitative estimate of drug-likeness (QED) is 0.715. The van der Waals surface area contributed by atoms with E-state index in [1.165, 1.54) is 12.1 Å². The van der Waals surface area contributed by atoms with E-state index in [9.17, 15) is 9.18 Å². The Labute approximate surface area is 161 Å². The van der Waals surface area contributed by atoms with Gasteiger partial charge >= 0.3 is 0 Å². The minimum absolute atomic E-state index is 0.0110. The summed E-state index contributed by atoms with van der Waals surface area (Å²) < 4.78 is 13.3. The van der Waals surface area contributed by atoms with Crippen LogP contribution in [-0.2, 0) is 11.3 Å². The molecule has 2 N–H and O–H groups in total. The van der Waals surface area contributed by atoms with Crippen LogP contribution < -0.4 is 10.2 Å². The highest BCUT2D eigenvalue weighted by molar-refractivity contribution is 6.31. The van der Waals surface area contributed by atoms with E-state index >= 15 is 0 Å². The predicted octanol–water partition coefficient (Wildman–Crippen LogP) is 3.89. The van der Waals surface area contributed by atoms with Gasteiger partial charge in [-0.05, 0) is 48.7 Å². The van der Waals surface area contributed by atoms with Gasteiger partial charge in [-0.2, -0.15) is 0 Å². The van der Waals surface area contributed by atoms with Crippen LogP contribution in [-0.4, -0.2) is 29.0 Å². The minimum atomic E-state index is -0.296. The van der Waals surface area contributed by atoms with Crippen LogP contribution in [0, 0.1) is 11.7 Å². The fourth-order valence-corrected chi connectivity index (χ4v) is 3.65. The number of amides is 1. The summed E-state index contributed by atoms with van der Waals surface area (Å²) in [7, 11) is 0. The molecule has 1 aliphatic rings. The number of aromatic nitrogens is 2. The van der Waals surface area contributed by atoms with Crippen molar-refractivity contribution in [1.29, 1.82) is 0 Å². The molecular weight excluding hydrogens is 367 g/mol. The zero-order chi connectivity index (χ0) is 18.8. The second-order valence-corrected chi connectivity index (χ2v) is 7.29. The Morgan fingerprint density at radius 3 is 3.07 bits per heavy atom. The van der Waals surface area contributed by atoms with Crippen LogP contribution in [0.5, 0.6) is 0 Å². The fourth-order valence-electron chi connectivity index (χ4n) is 3.48. The normalized spacial score (nSPS) is 17.3. The number of piperidine rings is 1. The van der Waals surface area contributed by atoms with Crippen LogP contribution in [0.3, 0.4) is 0 Å². The highest BCUT2D eigenvalue weighted by Gasteiger charge is 2.27. The molecule has 27 heavy (non-hydrogen) atoms. The Kier molecular flexibility index (Phi) is 4.99. The van der Waals surface area contributed by atoms with Crippen molar-refractivity contribution < 1.29 is 9.18 Å². The molecule has 1 aliphatic heterocycles. The molecule has 7 heteroatoms. The van der Waals surface area contributed by atoms with Gasteiger partial charge in [0, 0.05) is 24.7 Å². The van der Waals surface area contributed by atoms with Gasteiger partial charge < -0.3 is 15.2 Å². The van der Waals surface area contributed by atoms with Crippen molar-refractivity contribution in [2.75, 3.05) is 18.0 Å². The first kappa shape index (κ1) is 17.8. The van der Waals surface area contributed by atoms with Crippen LogP contribution in [0.25, 0.3) is 11.0 Å². The predicted molar refractivity (Wildman–Crippen MR) is 104 cm³/mol. The highest BCUT2D eigenvalue weighted by Crippen LogP contribution is 2.25. The fraction of sp³-hybridized carbons (Fsp3) is 0.300. The van der Waals surface area contributed by atoms with Crippen LogP contribution in [0.4, 0.5) is 10.3 Å². The number of nitrogens with zero attached hydrogens (tertiary/aromatic N) is 2. The molecule has 0 radical (unpaired) electrons.